The highest BCUT2D eigenvalue weighted by atomic mass is 19.1. The van der Waals surface area contributed by atoms with Crippen LogP contribution in [0.3, 0.4) is 0 Å². The second-order valence-corrected chi connectivity index (χ2v) is 3.23. The first kappa shape index (κ1) is 11.7. The molecule has 0 saturated heterocycles. The number of rotatable bonds is 4. The van der Waals surface area contributed by atoms with Crippen LogP contribution in [0.1, 0.15) is 10.4 Å². The Bertz CT molecular complexity index is 324. The summed E-state index contributed by atoms with van der Waals surface area (Å²) in [6, 6.07) is 5.50. The van der Waals surface area contributed by atoms with Crippen molar-refractivity contribution in [2.75, 3.05) is 27.3 Å². The molecule has 1 aromatic rings. The monoisotopic (exact) mass is 211 g/mol. The van der Waals surface area contributed by atoms with Crippen LogP contribution in [0.4, 0.5) is 4.39 Å². The molecule has 0 spiro atoms. The predicted molar refractivity (Wildman–Crippen MR) is 55.2 cm³/mol. The summed E-state index contributed by atoms with van der Waals surface area (Å²) in [7, 11) is 3.26. The first-order valence-corrected chi connectivity index (χ1v) is 4.65. The van der Waals surface area contributed by atoms with Crippen LogP contribution in [0.25, 0.3) is 0 Å². The van der Waals surface area contributed by atoms with Gasteiger partial charge in [-0.25, -0.2) is 4.39 Å². The Balaban J connectivity index is 2.63. The fraction of sp³-hybridized carbons (Fsp3) is 0.364. The van der Waals surface area contributed by atoms with Gasteiger partial charge in [-0.1, -0.05) is 0 Å². The number of amides is 1. The van der Waals surface area contributed by atoms with Crippen LogP contribution >= 0.6 is 0 Å². The van der Waals surface area contributed by atoms with Crippen molar-refractivity contribution in [1.82, 2.24) is 4.90 Å². The molecule has 0 aliphatic rings. The lowest BCUT2D eigenvalue weighted by atomic mass is 10.2. The van der Waals surface area contributed by atoms with Crippen molar-refractivity contribution >= 4 is 5.91 Å². The van der Waals surface area contributed by atoms with Crippen molar-refractivity contribution in [3.05, 3.63) is 35.6 Å². The third-order valence-electron chi connectivity index (χ3n) is 2.07. The van der Waals surface area contributed by atoms with Gasteiger partial charge in [-0.05, 0) is 24.3 Å². The summed E-state index contributed by atoms with van der Waals surface area (Å²) >= 11 is 0. The minimum absolute atomic E-state index is 0.132. The van der Waals surface area contributed by atoms with Gasteiger partial charge in [0.1, 0.15) is 5.82 Å². The topological polar surface area (TPSA) is 29.5 Å². The van der Waals surface area contributed by atoms with Gasteiger partial charge in [-0.3, -0.25) is 4.79 Å². The molecular formula is C11H14FNO2. The van der Waals surface area contributed by atoms with Crippen LogP contribution in [0.5, 0.6) is 0 Å². The summed E-state index contributed by atoms with van der Waals surface area (Å²) in [6.45, 7) is 1.01. The summed E-state index contributed by atoms with van der Waals surface area (Å²) in [5, 5.41) is 0. The van der Waals surface area contributed by atoms with Gasteiger partial charge in [0.05, 0.1) is 6.61 Å². The molecule has 3 nitrogen and oxygen atoms in total. The largest absolute Gasteiger partial charge is 0.383 e. The molecule has 1 rings (SSSR count). The highest BCUT2D eigenvalue weighted by Crippen LogP contribution is 2.05. The molecule has 0 atom stereocenters. The van der Waals surface area contributed by atoms with Gasteiger partial charge in [-0.15, -0.1) is 0 Å². The number of hydrogen-bond acceptors (Lipinski definition) is 2. The molecule has 0 heterocycles. The van der Waals surface area contributed by atoms with Crippen molar-refractivity contribution in [1.29, 1.82) is 0 Å². The summed E-state index contributed by atoms with van der Waals surface area (Å²) in [5.74, 6) is -0.474. The van der Waals surface area contributed by atoms with Gasteiger partial charge in [0.2, 0.25) is 0 Å². The Labute approximate surface area is 88.5 Å². The van der Waals surface area contributed by atoms with Crippen molar-refractivity contribution in [2.45, 2.75) is 0 Å². The zero-order valence-electron chi connectivity index (χ0n) is 8.87. The number of benzene rings is 1. The Morgan fingerprint density at radius 2 is 2.00 bits per heavy atom. The number of nitrogens with zero attached hydrogens (tertiary/aromatic N) is 1. The van der Waals surface area contributed by atoms with Crippen LogP contribution in [-0.2, 0) is 4.74 Å². The van der Waals surface area contributed by atoms with E-state index in [2.05, 4.69) is 0 Å². The molecule has 15 heavy (non-hydrogen) atoms. The zero-order chi connectivity index (χ0) is 11.3. The summed E-state index contributed by atoms with van der Waals surface area (Å²) in [4.78, 5) is 13.2. The fourth-order valence-corrected chi connectivity index (χ4v) is 1.14. The normalized spacial score (nSPS) is 10.1. The van der Waals surface area contributed by atoms with Crippen molar-refractivity contribution in [2.24, 2.45) is 0 Å². The van der Waals surface area contributed by atoms with E-state index >= 15 is 0 Å². The molecule has 0 fully saturated rings. The third-order valence-corrected chi connectivity index (χ3v) is 2.07. The molecule has 0 N–H and O–H groups in total. The SMILES string of the molecule is COCCN(C)C(=O)c1ccc(F)cc1. The number of ether oxygens (including phenoxy) is 1. The van der Waals surface area contributed by atoms with E-state index in [0.29, 0.717) is 18.7 Å². The van der Waals surface area contributed by atoms with E-state index in [0.717, 1.165) is 0 Å². The molecule has 4 heteroatoms. The summed E-state index contributed by atoms with van der Waals surface area (Å²) in [5.41, 5.74) is 0.481. The maximum absolute atomic E-state index is 12.6. The highest BCUT2D eigenvalue weighted by molar-refractivity contribution is 5.93. The van der Waals surface area contributed by atoms with Crippen molar-refractivity contribution in [3.8, 4) is 0 Å². The van der Waals surface area contributed by atoms with Gasteiger partial charge in [-0.2, -0.15) is 0 Å². The number of likely N-dealkylation sites (N-methyl/N-ethyl adjacent to an activating group) is 1. The quantitative estimate of drug-likeness (QED) is 0.756. The van der Waals surface area contributed by atoms with Crippen LogP contribution in [0.2, 0.25) is 0 Å². The standard InChI is InChI=1S/C11H14FNO2/c1-13(7-8-15-2)11(14)9-3-5-10(12)6-4-9/h3-6H,7-8H2,1-2H3. The molecule has 0 saturated carbocycles. The second-order valence-electron chi connectivity index (χ2n) is 3.23. The number of methoxy groups -OCH3 is 1. The second kappa shape index (κ2) is 5.46. The average Bonchev–Trinajstić information content (AvgIpc) is 2.26. The summed E-state index contributed by atoms with van der Waals surface area (Å²) < 4.78 is 17.5. The van der Waals surface area contributed by atoms with Gasteiger partial charge in [0.25, 0.3) is 5.91 Å². The van der Waals surface area contributed by atoms with Crippen molar-refractivity contribution < 1.29 is 13.9 Å². The average molecular weight is 211 g/mol. The number of hydrogen-bond donors (Lipinski definition) is 0. The molecule has 0 aromatic heterocycles. The lowest BCUT2D eigenvalue weighted by Gasteiger charge is -2.16. The molecule has 1 amide bonds. The first-order chi connectivity index (χ1) is 7.15. The maximum atomic E-state index is 12.6. The molecule has 0 bridgehead atoms. The first-order valence-electron chi connectivity index (χ1n) is 4.65. The number of halogens is 1. The molecule has 0 aliphatic heterocycles. The predicted octanol–water partition coefficient (Wildman–Crippen LogP) is 1.54. The van der Waals surface area contributed by atoms with E-state index in [1.807, 2.05) is 0 Å². The minimum Gasteiger partial charge on any atom is -0.383 e. The lowest BCUT2D eigenvalue weighted by Crippen LogP contribution is -2.29. The Hall–Kier alpha value is -1.42. The molecule has 82 valence electrons. The van der Waals surface area contributed by atoms with Crippen LogP contribution in [-0.4, -0.2) is 38.1 Å². The zero-order valence-corrected chi connectivity index (χ0v) is 8.87. The van der Waals surface area contributed by atoms with Crippen molar-refractivity contribution in [3.63, 3.8) is 0 Å². The maximum Gasteiger partial charge on any atom is 0.253 e. The van der Waals surface area contributed by atoms with E-state index in [1.54, 1.807) is 14.2 Å². The van der Waals surface area contributed by atoms with E-state index in [4.69, 9.17) is 4.74 Å². The molecule has 0 radical (unpaired) electrons. The Morgan fingerprint density at radius 1 is 1.40 bits per heavy atom. The van der Waals surface area contributed by atoms with Crippen LogP contribution in [0, 0.1) is 5.82 Å². The molecule has 1 aromatic carbocycles. The Morgan fingerprint density at radius 3 is 2.53 bits per heavy atom. The third kappa shape index (κ3) is 3.32. The lowest BCUT2D eigenvalue weighted by molar-refractivity contribution is 0.0744. The smallest absolute Gasteiger partial charge is 0.253 e. The fourth-order valence-electron chi connectivity index (χ4n) is 1.14. The highest BCUT2D eigenvalue weighted by Gasteiger charge is 2.10. The van der Waals surface area contributed by atoms with Crippen LogP contribution < -0.4 is 0 Å². The molecule has 0 unspecified atom stereocenters. The van der Waals surface area contributed by atoms with E-state index < -0.39 is 0 Å². The summed E-state index contributed by atoms with van der Waals surface area (Å²) in [6.07, 6.45) is 0. The van der Waals surface area contributed by atoms with E-state index in [-0.39, 0.29) is 11.7 Å². The van der Waals surface area contributed by atoms with Gasteiger partial charge in [0, 0.05) is 26.3 Å². The number of carbonyl (C=O) groups is 1. The van der Waals surface area contributed by atoms with E-state index in [9.17, 15) is 9.18 Å². The van der Waals surface area contributed by atoms with Gasteiger partial charge in [0.15, 0.2) is 0 Å². The van der Waals surface area contributed by atoms with Crippen LogP contribution in [0.15, 0.2) is 24.3 Å². The van der Waals surface area contributed by atoms with Gasteiger partial charge >= 0.3 is 0 Å². The molecule has 0 aliphatic carbocycles. The molecular weight excluding hydrogens is 197 g/mol. The Kier molecular flexibility index (Phi) is 4.24. The number of carbonyl (C=O) groups excluding carboxylic acids is 1. The minimum atomic E-state index is -0.342. The van der Waals surface area contributed by atoms with E-state index in [1.165, 1.54) is 29.2 Å². The van der Waals surface area contributed by atoms with Gasteiger partial charge < -0.3 is 9.64 Å².